The molecule has 7 heteroatoms. The Labute approximate surface area is 161 Å². The predicted molar refractivity (Wildman–Crippen MR) is 98.4 cm³/mol. The lowest BCUT2D eigenvalue weighted by Gasteiger charge is -2.29. The van der Waals surface area contributed by atoms with E-state index in [1.807, 2.05) is 0 Å². The molecule has 1 aromatic rings. The lowest BCUT2D eigenvalue weighted by atomic mass is 9.74. The van der Waals surface area contributed by atoms with Crippen LogP contribution in [0, 0.1) is 11.8 Å². The number of rotatable bonds is 3. The molecular formula is C21H20O7. The Kier molecular flexibility index (Phi) is 4.45. The first-order valence-electron chi connectivity index (χ1n) is 8.98. The molecule has 7 nitrogen and oxygen atoms in total. The van der Waals surface area contributed by atoms with Crippen LogP contribution < -0.4 is 14.2 Å². The molecule has 1 fully saturated rings. The molecule has 2 aliphatic carbocycles. The summed E-state index contributed by atoms with van der Waals surface area (Å²) in [7, 11) is 4.52. The highest BCUT2D eigenvalue weighted by atomic mass is 16.5. The number of methoxy groups -OCH3 is 3. The summed E-state index contributed by atoms with van der Waals surface area (Å²) < 4.78 is 21.9. The van der Waals surface area contributed by atoms with Gasteiger partial charge in [-0.3, -0.25) is 14.4 Å². The van der Waals surface area contributed by atoms with E-state index in [-0.39, 0.29) is 17.8 Å². The molecule has 0 N–H and O–H groups in total. The van der Waals surface area contributed by atoms with Gasteiger partial charge >= 0.3 is 5.97 Å². The number of cyclic esters (lactones) is 1. The summed E-state index contributed by atoms with van der Waals surface area (Å²) in [6.45, 7) is 0.302. The third-order valence-electron chi connectivity index (χ3n) is 5.58. The molecule has 0 saturated carbocycles. The van der Waals surface area contributed by atoms with Crippen molar-refractivity contribution in [3.8, 4) is 17.2 Å². The van der Waals surface area contributed by atoms with Gasteiger partial charge in [0.25, 0.3) is 0 Å². The highest BCUT2D eigenvalue weighted by Gasteiger charge is 2.42. The zero-order chi connectivity index (χ0) is 20.0. The molecular weight excluding hydrogens is 364 g/mol. The summed E-state index contributed by atoms with van der Waals surface area (Å²) in [5.41, 5.74) is 2.74. The van der Waals surface area contributed by atoms with Crippen LogP contribution in [0.15, 0.2) is 23.8 Å². The van der Waals surface area contributed by atoms with Crippen molar-refractivity contribution in [3.63, 3.8) is 0 Å². The monoisotopic (exact) mass is 384 g/mol. The molecule has 3 aliphatic rings. The topological polar surface area (TPSA) is 88.1 Å². The second kappa shape index (κ2) is 6.82. The van der Waals surface area contributed by atoms with Crippen LogP contribution in [-0.2, 0) is 25.5 Å². The van der Waals surface area contributed by atoms with Crippen LogP contribution in [0.4, 0.5) is 0 Å². The minimum absolute atomic E-state index is 0.0598. The molecule has 28 heavy (non-hydrogen) atoms. The Bertz CT molecular complexity index is 954. The Morgan fingerprint density at radius 3 is 2.32 bits per heavy atom. The van der Waals surface area contributed by atoms with E-state index in [1.54, 1.807) is 6.07 Å². The summed E-state index contributed by atoms with van der Waals surface area (Å²) in [6.07, 6.45) is 3.60. The van der Waals surface area contributed by atoms with Gasteiger partial charge in [-0.15, -0.1) is 0 Å². The second-order valence-electron chi connectivity index (χ2n) is 7.04. The molecule has 4 rings (SSSR count). The van der Waals surface area contributed by atoms with Gasteiger partial charge in [0.2, 0.25) is 17.3 Å². The molecule has 0 aromatic heterocycles. The summed E-state index contributed by atoms with van der Waals surface area (Å²) in [4.78, 5) is 36.5. The molecule has 0 radical (unpaired) electrons. The third kappa shape index (κ3) is 2.69. The van der Waals surface area contributed by atoms with Gasteiger partial charge in [0.15, 0.2) is 11.5 Å². The predicted octanol–water partition coefficient (Wildman–Crippen LogP) is 1.91. The average Bonchev–Trinajstić information content (AvgIpc) is 3.01. The quantitative estimate of drug-likeness (QED) is 0.447. The van der Waals surface area contributed by atoms with Crippen molar-refractivity contribution in [1.29, 1.82) is 0 Å². The maximum Gasteiger partial charge on any atom is 0.309 e. The molecule has 0 amide bonds. The van der Waals surface area contributed by atoms with Crippen molar-refractivity contribution in [2.75, 3.05) is 27.9 Å². The van der Waals surface area contributed by atoms with Crippen LogP contribution in [0.3, 0.4) is 0 Å². The van der Waals surface area contributed by atoms with E-state index < -0.39 is 11.6 Å². The Morgan fingerprint density at radius 1 is 0.929 bits per heavy atom. The van der Waals surface area contributed by atoms with E-state index in [1.165, 1.54) is 33.5 Å². The largest absolute Gasteiger partial charge is 0.493 e. The van der Waals surface area contributed by atoms with Crippen LogP contribution >= 0.6 is 0 Å². The van der Waals surface area contributed by atoms with Crippen molar-refractivity contribution in [2.24, 2.45) is 11.8 Å². The average molecular weight is 384 g/mol. The number of esters is 1. The number of ketones is 2. The Morgan fingerprint density at radius 2 is 1.64 bits per heavy atom. The maximum atomic E-state index is 12.3. The van der Waals surface area contributed by atoms with Crippen LogP contribution in [0.2, 0.25) is 0 Å². The fourth-order valence-corrected chi connectivity index (χ4v) is 4.24. The molecule has 1 saturated heterocycles. The van der Waals surface area contributed by atoms with Gasteiger partial charge in [-0.05, 0) is 47.8 Å². The maximum absolute atomic E-state index is 12.3. The first kappa shape index (κ1) is 18.3. The summed E-state index contributed by atoms with van der Waals surface area (Å²) in [5.74, 6) is -0.547. The van der Waals surface area contributed by atoms with Crippen molar-refractivity contribution >= 4 is 23.1 Å². The smallest absolute Gasteiger partial charge is 0.309 e. The number of carbonyl (C=O) groups excluding carboxylic acids is 3. The van der Waals surface area contributed by atoms with Gasteiger partial charge in [-0.2, -0.15) is 0 Å². The zero-order valence-corrected chi connectivity index (χ0v) is 15.9. The first-order valence-corrected chi connectivity index (χ1v) is 8.98. The van der Waals surface area contributed by atoms with Gasteiger partial charge < -0.3 is 18.9 Å². The highest BCUT2D eigenvalue weighted by molar-refractivity contribution is 6.48. The molecule has 0 unspecified atom stereocenters. The minimum Gasteiger partial charge on any atom is -0.493 e. The normalized spacial score (nSPS) is 23.3. The summed E-state index contributed by atoms with van der Waals surface area (Å²) in [6, 6.07) is 1.80. The van der Waals surface area contributed by atoms with E-state index in [9.17, 15) is 14.4 Å². The molecule has 146 valence electrons. The minimum atomic E-state index is -0.586. The number of hydrogen-bond acceptors (Lipinski definition) is 7. The third-order valence-corrected chi connectivity index (χ3v) is 5.58. The fourth-order valence-electron chi connectivity index (χ4n) is 4.24. The molecule has 0 spiro atoms. The molecule has 1 aliphatic heterocycles. The number of benzene rings is 1. The van der Waals surface area contributed by atoms with E-state index in [0.29, 0.717) is 53.4 Å². The van der Waals surface area contributed by atoms with Crippen LogP contribution in [-0.4, -0.2) is 45.5 Å². The van der Waals surface area contributed by atoms with E-state index in [0.717, 1.165) is 5.56 Å². The van der Waals surface area contributed by atoms with Crippen LogP contribution in [0.25, 0.3) is 5.57 Å². The van der Waals surface area contributed by atoms with Gasteiger partial charge in [-0.25, -0.2) is 0 Å². The van der Waals surface area contributed by atoms with Crippen molar-refractivity contribution in [2.45, 2.75) is 12.8 Å². The standard InChI is InChI=1S/C21H20O7/c1-25-17-7-11-5-14-12(9-28-21(14)24)4-10-6-15(22)16(23)8-13(10)18(11)20(27-3)19(17)26-2/h6-8,12,14H,4-5,9H2,1-3H3/t12-,14+/m0/s1. The number of hydrogen-bond donors (Lipinski definition) is 0. The number of fused-ring (bicyclic) bond motifs is 4. The number of allylic oxidation sites excluding steroid dienone is 4. The molecule has 1 aromatic carbocycles. The number of carbonyl (C=O) groups is 3. The van der Waals surface area contributed by atoms with Gasteiger partial charge in [0, 0.05) is 11.5 Å². The van der Waals surface area contributed by atoms with Gasteiger partial charge in [0.1, 0.15) is 0 Å². The van der Waals surface area contributed by atoms with Crippen molar-refractivity contribution < 1.29 is 33.3 Å². The van der Waals surface area contributed by atoms with Crippen LogP contribution in [0.1, 0.15) is 17.5 Å². The molecule has 2 atom stereocenters. The van der Waals surface area contributed by atoms with E-state index in [4.69, 9.17) is 18.9 Å². The first-order chi connectivity index (χ1) is 13.5. The van der Waals surface area contributed by atoms with E-state index in [2.05, 4.69) is 0 Å². The van der Waals surface area contributed by atoms with E-state index >= 15 is 0 Å². The van der Waals surface area contributed by atoms with Crippen molar-refractivity contribution in [1.82, 2.24) is 0 Å². The summed E-state index contributed by atoms with van der Waals surface area (Å²) >= 11 is 0. The Hall–Kier alpha value is -3.09. The molecule has 1 heterocycles. The highest BCUT2D eigenvalue weighted by Crippen LogP contribution is 2.50. The lowest BCUT2D eigenvalue weighted by Crippen LogP contribution is -2.25. The fraction of sp³-hybridized carbons (Fsp3) is 0.381. The van der Waals surface area contributed by atoms with Crippen molar-refractivity contribution in [3.05, 3.63) is 34.9 Å². The number of ether oxygens (including phenoxy) is 4. The Balaban J connectivity index is 2.02. The SMILES string of the molecule is COc1cc2c(c(OC)c1OC)C1=CC(=O)C(=O)C=C1C[C@H]1COC(=O)[C@@H]1C2. The van der Waals surface area contributed by atoms with Crippen LogP contribution in [0.5, 0.6) is 17.2 Å². The lowest BCUT2D eigenvalue weighted by molar-refractivity contribution is -0.141. The second-order valence-corrected chi connectivity index (χ2v) is 7.04. The zero-order valence-electron chi connectivity index (χ0n) is 15.9. The van der Waals surface area contributed by atoms with Gasteiger partial charge in [0.05, 0.1) is 33.9 Å². The molecule has 0 bridgehead atoms. The summed E-state index contributed by atoms with van der Waals surface area (Å²) in [5, 5.41) is 0. The van der Waals surface area contributed by atoms with Gasteiger partial charge in [-0.1, -0.05) is 0 Å².